The molecule has 8 heteroatoms. The normalized spacial score (nSPS) is 17.4. The van der Waals surface area contributed by atoms with Crippen molar-refractivity contribution < 1.29 is 14.4 Å². The fourth-order valence-corrected chi connectivity index (χ4v) is 5.35. The predicted molar refractivity (Wildman–Crippen MR) is 138 cm³/mol. The summed E-state index contributed by atoms with van der Waals surface area (Å²) in [4.78, 5) is 44.8. The first kappa shape index (κ1) is 24.9. The van der Waals surface area contributed by atoms with Gasteiger partial charge in [0.25, 0.3) is 0 Å². The Hall–Kier alpha value is -3.26. The maximum Gasteiger partial charge on any atom is 0.242 e. The number of fused-ring (bicyclic) bond motifs is 1. The highest BCUT2D eigenvalue weighted by atomic mass is 32.1. The van der Waals surface area contributed by atoms with E-state index in [4.69, 9.17) is 0 Å². The van der Waals surface area contributed by atoms with Crippen LogP contribution in [0, 0.1) is 0 Å². The van der Waals surface area contributed by atoms with E-state index in [1.54, 1.807) is 16.2 Å². The average molecular weight is 493 g/mol. The van der Waals surface area contributed by atoms with Crippen LogP contribution in [0.15, 0.2) is 54.6 Å². The molecule has 2 aromatic carbocycles. The number of aromatic nitrogens is 1. The topological polar surface area (TPSA) is 91.4 Å². The number of thiazole rings is 1. The maximum atomic E-state index is 13.3. The second kappa shape index (κ2) is 12.4. The van der Waals surface area contributed by atoms with Crippen LogP contribution in [0.4, 0.5) is 0 Å². The molecule has 184 valence electrons. The fourth-order valence-electron chi connectivity index (χ4n) is 4.39. The van der Waals surface area contributed by atoms with Gasteiger partial charge in [0.15, 0.2) is 0 Å². The molecule has 0 radical (unpaired) electrons. The van der Waals surface area contributed by atoms with Gasteiger partial charge in [-0.3, -0.25) is 14.4 Å². The van der Waals surface area contributed by atoms with E-state index >= 15 is 0 Å². The number of carbonyl (C=O) groups excluding carboxylic acids is 3. The Morgan fingerprint density at radius 1 is 1.03 bits per heavy atom. The molecule has 35 heavy (non-hydrogen) atoms. The van der Waals surface area contributed by atoms with Crippen molar-refractivity contribution in [3.63, 3.8) is 0 Å². The summed E-state index contributed by atoms with van der Waals surface area (Å²) in [6.45, 7) is 1.15. The van der Waals surface area contributed by atoms with Crippen LogP contribution in [0.1, 0.15) is 55.1 Å². The number of nitrogens with one attached hydrogen (secondary N) is 2. The number of carbonyl (C=O) groups is 3. The molecule has 7 nitrogen and oxygen atoms in total. The summed E-state index contributed by atoms with van der Waals surface area (Å²) in [6, 6.07) is 17.2. The molecule has 1 aliphatic rings. The van der Waals surface area contributed by atoms with Crippen LogP contribution >= 0.6 is 11.3 Å². The Morgan fingerprint density at radius 3 is 2.63 bits per heavy atom. The summed E-state index contributed by atoms with van der Waals surface area (Å²) < 4.78 is 1.11. The third-order valence-electron chi connectivity index (χ3n) is 6.25. The van der Waals surface area contributed by atoms with E-state index in [0.717, 1.165) is 46.5 Å². The molecule has 2 N–H and O–H groups in total. The number of hydrogen-bond acceptors (Lipinski definition) is 5. The molecule has 1 fully saturated rings. The van der Waals surface area contributed by atoms with E-state index < -0.39 is 0 Å². The summed E-state index contributed by atoms with van der Waals surface area (Å²) in [6.07, 6.45) is 4.85. The van der Waals surface area contributed by atoms with Crippen LogP contribution in [0.3, 0.4) is 0 Å². The van der Waals surface area contributed by atoms with E-state index in [9.17, 15) is 14.4 Å². The highest BCUT2D eigenvalue weighted by Crippen LogP contribution is 2.26. The molecule has 0 spiro atoms. The van der Waals surface area contributed by atoms with E-state index in [0.29, 0.717) is 19.5 Å². The zero-order valence-corrected chi connectivity index (χ0v) is 20.7. The Kier molecular flexibility index (Phi) is 8.84. The van der Waals surface area contributed by atoms with Gasteiger partial charge in [-0.1, -0.05) is 55.3 Å². The van der Waals surface area contributed by atoms with Crippen LogP contribution in [0.5, 0.6) is 0 Å². The molecular formula is C27H32N4O3S. The highest BCUT2D eigenvalue weighted by molar-refractivity contribution is 7.18. The molecule has 1 aliphatic heterocycles. The number of nitrogens with zero attached hydrogens (tertiary/aromatic N) is 2. The van der Waals surface area contributed by atoms with Crippen LogP contribution < -0.4 is 10.6 Å². The third-order valence-corrected chi connectivity index (χ3v) is 7.34. The van der Waals surface area contributed by atoms with Crippen LogP contribution in [-0.2, 0) is 20.8 Å². The molecule has 0 bridgehead atoms. The summed E-state index contributed by atoms with van der Waals surface area (Å²) in [5.74, 6) is -0.401. The molecule has 3 amide bonds. The van der Waals surface area contributed by atoms with Gasteiger partial charge in [0.05, 0.1) is 34.2 Å². The minimum Gasteiger partial charge on any atom is -0.356 e. The third kappa shape index (κ3) is 7.11. The lowest BCUT2D eigenvalue weighted by Gasteiger charge is -2.32. The zero-order valence-electron chi connectivity index (χ0n) is 19.9. The lowest BCUT2D eigenvalue weighted by Crippen LogP contribution is -2.44. The van der Waals surface area contributed by atoms with Gasteiger partial charge in [-0.2, -0.15) is 0 Å². The van der Waals surface area contributed by atoms with Gasteiger partial charge < -0.3 is 15.5 Å². The Bertz CT molecular complexity index is 1110. The highest BCUT2D eigenvalue weighted by Gasteiger charge is 2.27. The number of hydrogen-bond donors (Lipinski definition) is 2. The van der Waals surface area contributed by atoms with Crippen LogP contribution in [0.2, 0.25) is 0 Å². The second-order valence-electron chi connectivity index (χ2n) is 8.83. The standard InChI is InChI=1S/C27H32N4O3S/c32-24(14-15-26-30-21-12-6-7-13-23(21)35-26)29-19-27(34)31-17-9-2-1-8-16-28-25(33)18-22(31)20-10-4-3-5-11-20/h3-7,10-13,22H,1-2,8-9,14-19H2,(H,28,33)(H,29,32). The molecule has 1 atom stereocenters. The molecule has 0 aliphatic carbocycles. The molecule has 1 aromatic heterocycles. The number of para-hydroxylation sites is 1. The first-order chi connectivity index (χ1) is 17.1. The van der Waals surface area contributed by atoms with E-state index in [-0.39, 0.29) is 43.1 Å². The predicted octanol–water partition coefficient (Wildman–Crippen LogP) is 4.00. The molecule has 1 saturated heterocycles. The van der Waals surface area contributed by atoms with Crippen molar-refractivity contribution >= 4 is 39.3 Å². The second-order valence-corrected chi connectivity index (χ2v) is 9.95. The Morgan fingerprint density at radius 2 is 1.80 bits per heavy atom. The van der Waals surface area contributed by atoms with Crippen LogP contribution in [0.25, 0.3) is 10.2 Å². The molecule has 3 aromatic rings. The average Bonchev–Trinajstić information content (AvgIpc) is 3.28. The minimum atomic E-state index is -0.360. The molecule has 1 unspecified atom stereocenters. The van der Waals surface area contributed by atoms with Gasteiger partial charge in [-0.05, 0) is 30.5 Å². The van der Waals surface area contributed by atoms with Gasteiger partial charge in [-0.15, -0.1) is 11.3 Å². The lowest BCUT2D eigenvalue weighted by molar-refractivity contribution is -0.136. The summed E-state index contributed by atoms with van der Waals surface area (Å²) >= 11 is 1.59. The van der Waals surface area contributed by atoms with Crippen molar-refractivity contribution in [2.45, 2.75) is 51.0 Å². The number of benzene rings is 2. The van der Waals surface area contributed by atoms with Crippen molar-refractivity contribution in [2.24, 2.45) is 0 Å². The monoisotopic (exact) mass is 492 g/mol. The van der Waals surface area contributed by atoms with Gasteiger partial charge in [0.1, 0.15) is 0 Å². The Labute approximate surface area is 209 Å². The van der Waals surface area contributed by atoms with Crippen molar-refractivity contribution in [3.8, 4) is 0 Å². The fraction of sp³-hybridized carbons (Fsp3) is 0.407. The SMILES string of the molecule is O=C(CCc1nc2ccccc2s1)NCC(=O)N1CCCCCCNC(=O)CC1c1ccccc1. The van der Waals surface area contributed by atoms with Gasteiger partial charge in [0, 0.05) is 25.9 Å². The first-order valence-corrected chi connectivity index (χ1v) is 13.1. The Balaban J connectivity index is 1.38. The van der Waals surface area contributed by atoms with Gasteiger partial charge >= 0.3 is 0 Å². The number of aryl methyl sites for hydroxylation is 1. The summed E-state index contributed by atoms with van der Waals surface area (Å²) in [5, 5.41) is 6.68. The zero-order chi connectivity index (χ0) is 24.5. The van der Waals surface area contributed by atoms with E-state index in [1.165, 1.54) is 0 Å². The van der Waals surface area contributed by atoms with Gasteiger partial charge in [0.2, 0.25) is 17.7 Å². The minimum absolute atomic E-state index is 0.0570. The number of rotatable bonds is 6. The molecular weight excluding hydrogens is 460 g/mol. The molecule has 0 saturated carbocycles. The molecule has 4 rings (SSSR count). The van der Waals surface area contributed by atoms with E-state index in [1.807, 2.05) is 54.6 Å². The van der Waals surface area contributed by atoms with Crippen molar-refractivity contribution in [1.29, 1.82) is 0 Å². The van der Waals surface area contributed by atoms with Crippen molar-refractivity contribution in [2.75, 3.05) is 19.6 Å². The summed E-state index contributed by atoms with van der Waals surface area (Å²) in [5.41, 5.74) is 1.87. The molecule has 2 heterocycles. The van der Waals surface area contributed by atoms with Crippen molar-refractivity contribution in [1.82, 2.24) is 20.5 Å². The summed E-state index contributed by atoms with van der Waals surface area (Å²) in [7, 11) is 0. The first-order valence-electron chi connectivity index (χ1n) is 12.3. The lowest BCUT2D eigenvalue weighted by atomic mass is 10.0. The van der Waals surface area contributed by atoms with Gasteiger partial charge in [-0.25, -0.2) is 4.98 Å². The van der Waals surface area contributed by atoms with Crippen LogP contribution in [-0.4, -0.2) is 47.2 Å². The van der Waals surface area contributed by atoms with E-state index in [2.05, 4.69) is 15.6 Å². The smallest absolute Gasteiger partial charge is 0.242 e. The quantitative estimate of drug-likeness (QED) is 0.544. The maximum absolute atomic E-state index is 13.3. The van der Waals surface area contributed by atoms with Crippen molar-refractivity contribution in [3.05, 3.63) is 65.2 Å². The number of amides is 3. The largest absolute Gasteiger partial charge is 0.356 e.